The topological polar surface area (TPSA) is 148 Å². The molecule has 1 aromatic heterocycles. The summed E-state index contributed by atoms with van der Waals surface area (Å²) < 4.78 is 18.2. The van der Waals surface area contributed by atoms with E-state index in [-0.39, 0.29) is 36.6 Å². The first-order chi connectivity index (χ1) is 23.0. The number of nitrogens with one attached hydrogen (secondary N) is 1. The van der Waals surface area contributed by atoms with Crippen LogP contribution in [0.15, 0.2) is 108 Å². The number of hydrogen-bond donors (Lipinski definition) is 1. The van der Waals surface area contributed by atoms with E-state index in [0.29, 0.717) is 23.6 Å². The van der Waals surface area contributed by atoms with Crippen LogP contribution < -0.4 is 19.5 Å². The minimum atomic E-state index is -0.601. The van der Waals surface area contributed by atoms with Crippen molar-refractivity contribution in [2.75, 3.05) is 25.5 Å². The van der Waals surface area contributed by atoms with Crippen molar-refractivity contribution in [1.82, 2.24) is 14.9 Å². The van der Waals surface area contributed by atoms with Gasteiger partial charge < -0.3 is 24.4 Å². The normalized spacial score (nSPS) is 12.2. The Hall–Kier alpha value is -6.48. The Morgan fingerprint density at radius 2 is 1.68 bits per heavy atom. The first-order valence-electron chi connectivity index (χ1n) is 14.7. The number of nitriles is 1. The van der Waals surface area contributed by atoms with Crippen molar-refractivity contribution >= 4 is 17.3 Å². The summed E-state index contributed by atoms with van der Waals surface area (Å²) in [5.41, 5.74) is 2.43. The fourth-order valence-electron chi connectivity index (χ4n) is 4.87. The largest absolute Gasteiger partial charge is 0.485 e. The van der Waals surface area contributed by atoms with Gasteiger partial charge >= 0.3 is 17.6 Å². The first-order valence-corrected chi connectivity index (χ1v) is 14.7. The van der Waals surface area contributed by atoms with E-state index in [1.165, 1.54) is 6.07 Å². The van der Waals surface area contributed by atoms with Crippen molar-refractivity contribution in [3.05, 3.63) is 135 Å². The van der Waals surface area contributed by atoms with Gasteiger partial charge in [-0.25, -0.2) is 0 Å². The Kier molecular flexibility index (Phi) is 9.15. The van der Waals surface area contributed by atoms with Gasteiger partial charge in [-0.05, 0) is 35.4 Å². The number of anilines is 1. The Labute approximate surface area is 270 Å². The molecule has 0 unspecified atom stereocenters. The second-order valence-corrected chi connectivity index (χ2v) is 10.5. The summed E-state index contributed by atoms with van der Waals surface area (Å²) in [5.74, 6) is 1.13. The molecule has 0 aliphatic carbocycles. The third-order valence-corrected chi connectivity index (χ3v) is 7.19. The standard InChI is InChI=1S/C35H29N7O5/c1-41-18-17-37-33(41)27-13-8-14-28(20-27)46-34-31(42(43)44)32(38-22-24-9-4-2-5-10-24)39-35(40-34)47-30-19-26(21-36)15-16-29(30)45-23-25-11-6-3-7-12-25/h2-16,19-20H,17-18,22-23H2,1H3,(H,38,39,40). The molecule has 0 spiro atoms. The van der Waals surface area contributed by atoms with Crippen LogP contribution in [0.3, 0.4) is 0 Å². The average Bonchev–Trinajstić information content (AvgIpc) is 3.53. The molecule has 2 heterocycles. The third kappa shape index (κ3) is 7.43. The van der Waals surface area contributed by atoms with Crippen molar-refractivity contribution in [1.29, 1.82) is 5.26 Å². The van der Waals surface area contributed by atoms with E-state index in [1.807, 2.05) is 78.7 Å². The van der Waals surface area contributed by atoms with E-state index < -0.39 is 10.6 Å². The minimum Gasteiger partial charge on any atom is -0.485 e. The third-order valence-electron chi connectivity index (χ3n) is 7.19. The monoisotopic (exact) mass is 627 g/mol. The lowest BCUT2D eigenvalue weighted by atomic mass is 10.2. The van der Waals surface area contributed by atoms with Crippen LogP contribution in [0.5, 0.6) is 29.1 Å². The van der Waals surface area contributed by atoms with E-state index in [9.17, 15) is 15.4 Å². The van der Waals surface area contributed by atoms with E-state index in [0.717, 1.165) is 29.1 Å². The molecule has 0 fully saturated rings. The fraction of sp³-hybridized carbons (Fsp3) is 0.143. The van der Waals surface area contributed by atoms with Crippen molar-refractivity contribution in [2.45, 2.75) is 13.2 Å². The molecule has 1 aliphatic heterocycles. The Balaban J connectivity index is 1.38. The maximum Gasteiger partial charge on any atom is 0.373 e. The molecule has 47 heavy (non-hydrogen) atoms. The number of aromatic nitrogens is 2. The van der Waals surface area contributed by atoms with Crippen molar-refractivity contribution < 1.29 is 19.1 Å². The molecule has 0 bridgehead atoms. The van der Waals surface area contributed by atoms with E-state index >= 15 is 0 Å². The number of amidine groups is 1. The highest BCUT2D eigenvalue weighted by Crippen LogP contribution is 2.39. The average molecular weight is 628 g/mol. The maximum atomic E-state index is 12.5. The van der Waals surface area contributed by atoms with Gasteiger partial charge in [-0.15, -0.1) is 0 Å². The number of nitrogens with zero attached hydrogens (tertiary/aromatic N) is 6. The van der Waals surface area contributed by atoms with Crippen LogP contribution in [0.25, 0.3) is 0 Å². The summed E-state index contributed by atoms with van der Waals surface area (Å²) in [5, 5.41) is 25.1. The number of aliphatic imine (C=N–C) groups is 1. The molecule has 0 atom stereocenters. The second-order valence-electron chi connectivity index (χ2n) is 10.5. The molecule has 4 aromatic carbocycles. The molecule has 12 heteroatoms. The quantitative estimate of drug-likeness (QED) is 0.117. The highest BCUT2D eigenvalue weighted by atomic mass is 16.6. The summed E-state index contributed by atoms with van der Waals surface area (Å²) in [6.45, 7) is 1.93. The minimum absolute atomic E-state index is 0.113. The predicted molar refractivity (Wildman–Crippen MR) is 175 cm³/mol. The molecule has 0 amide bonds. The highest BCUT2D eigenvalue weighted by Gasteiger charge is 2.29. The number of likely N-dealkylation sites (N-methyl/N-ethyl adjacent to an activating group) is 1. The summed E-state index contributed by atoms with van der Waals surface area (Å²) in [6.07, 6.45) is 0. The summed E-state index contributed by atoms with van der Waals surface area (Å²) in [4.78, 5) is 27.2. The van der Waals surface area contributed by atoms with Crippen molar-refractivity contribution in [3.63, 3.8) is 0 Å². The Morgan fingerprint density at radius 3 is 2.38 bits per heavy atom. The van der Waals surface area contributed by atoms with Crippen LogP contribution >= 0.6 is 0 Å². The molecule has 1 N–H and O–H groups in total. The smallest absolute Gasteiger partial charge is 0.373 e. The molecule has 6 rings (SSSR count). The van der Waals surface area contributed by atoms with Gasteiger partial charge in [0, 0.05) is 31.8 Å². The summed E-state index contributed by atoms with van der Waals surface area (Å²) in [6, 6.07) is 32.6. The van der Waals surface area contributed by atoms with Gasteiger partial charge in [-0.2, -0.15) is 15.2 Å². The summed E-state index contributed by atoms with van der Waals surface area (Å²) >= 11 is 0. The molecule has 12 nitrogen and oxygen atoms in total. The van der Waals surface area contributed by atoms with Crippen LogP contribution in [-0.2, 0) is 13.2 Å². The SMILES string of the molecule is CN1CCN=C1c1cccc(Oc2nc(Oc3cc(C#N)ccc3OCc3ccccc3)nc(NCc3ccccc3)c2[N+](=O)[O-])c1. The van der Waals surface area contributed by atoms with Gasteiger partial charge in [0.25, 0.3) is 0 Å². The van der Waals surface area contributed by atoms with Crippen LogP contribution in [0.4, 0.5) is 11.5 Å². The molecule has 0 saturated carbocycles. The highest BCUT2D eigenvalue weighted by molar-refractivity contribution is 5.99. The van der Waals surface area contributed by atoms with Crippen molar-refractivity contribution in [3.8, 4) is 35.2 Å². The second kappa shape index (κ2) is 14.1. The summed E-state index contributed by atoms with van der Waals surface area (Å²) in [7, 11) is 1.95. The van der Waals surface area contributed by atoms with Gasteiger partial charge in [0.05, 0.1) is 23.1 Å². The Morgan fingerprint density at radius 1 is 0.915 bits per heavy atom. The van der Waals surface area contributed by atoms with Crippen molar-refractivity contribution in [2.24, 2.45) is 4.99 Å². The molecular formula is C35H29N7O5. The number of ether oxygens (including phenoxy) is 3. The van der Waals surface area contributed by atoms with Gasteiger partial charge in [-0.1, -0.05) is 72.8 Å². The van der Waals surface area contributed by atoms with Crippen LogP contribution in [0.1, 0.15) is 22.3 Å². The van der Waals surface area contributed by atoms with Gasteiger partial charge in [0.1, 0.15) is 18.2 Å². The lowest BCUT2D eigenvalue weighted by Gasteiger charge is -2.16. The predicted octanol–water partition coefficient (Wildman–Crippen LogP) is 6.72. The number of benzene rings is 4. The van der Waals surface area contributed by atoms with Crippen LogP contribution in [0, 0.1) is 21.4 Å². The number of nitro groups is 1. The maximum absolute atomic E-state index is 12.5. The van der Waals surface area contributed by atoms with E-state index in [4.69, 9.17) is 14.2 Å². The van der Waals surface area contributed by atoms with Gasteiger partial charge in [-0.3, -0.25) is 15.1 Å². The zero-order chi connectivity index (χ0) is 32.6. The zero-order valence-corrected chi connectivity index (χ0v) is 25.4. The van der Waals surface area contributed by atoms with Gasteiger partial charge in [0.15, 0.2) is 11.5 Å². The zero-order valence-electron chi connectivity index (χ0n) is 25.4. The molecule has 0 radical (unpaired) electrons. The fourth-order valence-corrected chi connectivity index (χ4v) is 4.87. The lowest BCUT2D eigenvalue weighted by molar-refractivity contribution is -0.385. The first kappa shape index (κ1) is 30.5. The molecule has 234 valence electrons. The van der Waals surface area contributed by atoms with Gasteiger partial charge in [0.2, 0.25) is 5.82 Å². The Bertz CT molecular complexity index is 1960. The number of rotatable bonds is 12. The molecule has 5 aromatic rings. The lowest BCUT2D eigenvalue weighted by Crippen LogP contribution is -2.23. The van der Waals surface area contributed by atoms with Crippen LogP contribution in [0.2, 0.25) is 0 Å². The number of hydrogen-bond acceptors (Lipinski definition) is 11. The molecule has 1 aliphatic rings. The molecular weight excluding hydrogens is 598 g/mol. The van der Waals surface area contributed by atoms with E-state index in [2.05, 4.69) is 26.3 Å². The van der Waals surface area contributed by atoms with Crippen LogP contribution in [-0.4, -0.2) is 45.8 Å². The molecule has 0 saturated heterocycles. The van der Waals surface area contributed by atoms with E-state index in [1.54, 1.807) is 30.3 Å².